The fourth-order valence-corrected chi connectivity index (χ4v) is 3.17. The number of hydrogen-bond donors (Lipinski definition) is 3. The summed E-state index contributed by atoms with van der Waals surface area (Å²) in [6.45, 7) is 2.85. The summed E-state index contributed by atoms with van der Waals surface area (Å²) in [5.41, 5.74) is 2.11. The summed E-state index contributed by atoms with van der Waals surface area (Å²) in [6, 6.07) is 7.39. The molecule has 1 aliphatic heterocycles. The molecule has 24 heavy (non-hydrogen) atoms. The number of halogens is 2. The van der Waals surface area contributed by atoms with E-state index in [0.29, 0.717) is 28.7 Å². The average Bonchev–Trinajstić information content (AvgIpc) is 3.05. The van der Waals surface area contributed by atoms with Gasteiger partial charge in [-0.2, -0.15) is 5.10 Å². The monoisotopic (exact) mass is 368 g/mol. The largest absolute Gasteiger partial charge is 0.352 e. The number of rotatable bonds is 5. The molecular weight excluding hydrogens is 347 g/mol. The second-order valence-corrected chi connectivity index (χ2v) is 6.36. The molecule has 1 aliphatic rings. The number of carbonyl (C=O) groups excluding carboxylic acids is 1. The fourth-order valence-electron chi connectivity index (χ4n) is 2.98. The van der Waals surface area contributed by atoms with Gasteiger partial charge in [-0.3, -0.25) is 9.89 Å². The number of hydrogen-bond acceptors (Lipinski definition) is 3. The highest BCUT2D eigenvalue weighted by Crippen LogP contribution is 2.24. The standard InChI is InChI=1S/C17H21ClN4O.ClH/c18-14-5-1-4-13(9-14)16-15(11-21-22-16)17(23)20-8-6-12-3-2-7-19-10-12;/h1,4-5,9,11-12,19H,2-3,6-8,10H2,(H,20,23)(H,21,22);1H. The highest BCUT2D eigenvalue weighted by Gasteiger charge is 2.17. The van der Waals surface area contributed by atoms with Gasteiger partial charge in [-0.15, -0.1) is 12.4 Å². The maximum Gasteiger partial charge on any atom is 0.255 e. The minimum atomic E-state index is -0.0995. The summed E-state index contributed by atoms with van der Waals surface area (Å²) in [7, 11) is 0. The second kappa shape index (κ2) is 9.06. The van der Waals surface area contributed by atoms with Gasteiger partial charge in [-0.25, -0.2) is 0 Å². The number of H-pyrrole nitrogens is 1. The topological polar surface area (TPSA) is 69.8 Å². The maximum absolute atomic E-state index is 12.4. The van der Waals surface area contributed by atoms with E-state index in [9.17, 15) is 4.79 Å². The van der Waals surface area contributed by atoms with Gasteiger partial charge in [0, 0.05) is 17.1 Å². The van der Waals surface area contributed by atoms with Crippen LogP contribution in [0.15, 0.2) is 30.5 Å². The lowest BCUT2D eigenvalue weighted by atomic mass is 9.96. The lowest BCUT2D eigenvalue weighted by molar-refractivity contribution is 0.0951. The number of amides is 1. The van der Waals surface area contributed by atoms with Crippen molar-refractivity contribution in [2.24, 2.45) is 5.92 Å². The Morgan fingerprint density at radius 1 is 1.42 bits per heavy atom. The molecule has 1 fully saturated rings. The van der Waals surface area contributed by atoms with Gasteiger partial charge in [-0.1, -0.05) is 23.7 Å². The van der Waals surface area contributed by atoms with E-state index in [1.54, 1.807) is 12.3 Å². The van der Waals surface area contributed by atoms with E-state index in [2.05, 4.69) is 20.8 Å². The molecule has 1 atom stereocenters. The summed E-state index contributed by atoms with van der Waals surface area (Å²) in [5.74, 6) is 0.554. The number of carbonyl (C=O) groups is 1. The first-order valence-electron chi connectivity index (χ1n) is 8.02. The Hall–Kier alpha value is -1.56. The molecule has 1 amide bonds. The molecule has 1 aromatic carbocycles. The summed E-state index contributed by atoms with van der Waals surface area (Å²) in [6.07, 6.45) is 5.03. The van der Waals surface area contributed by atoms with Gasteiger partial charge >= 0.3 is 0 Å². The van der Waals surface area contributed by atoms with E-state index in [4.69, 9.17) is 11.6 Å². The van der Waals surface area contributed by atoms with Crippen molar-refractivity contribution in [1.82, 2.24) is 20.8 Å². The highest BCUT2D eigenvalue weighted by atomic mass is 35.5. The Labute approximate surface area is 153 Å². The number of nitrogens with zero attached hydrogens (tertiary/aromatic N) is 1. The molecule has 2 heterocycles. The summed E-state index contributed by atoms with van der Waals surface area (Å²) < 4.78 is 0. The highest BCUT2D eigenvalue weighted by molar-refractivity contribution is 6.30. The minimum absolute atomic E-state index is 0. The third kappa shape index (κ3) is 4.72. The smallest absolute Gasteiger partial charge is 0.255 e. The van der Waals surface area contributed by atoms with E-state index < -0.39 is 0 Å². The molecule has 130 valence electrons. The molecule has 1 aromatic heterocycles. The van der Waals surface area contributed by atoms with Gasteiger partial charge < -0.3 is 10.6 Å². The van der Waals surface area contributed by atoms with Crippen molar-refractivity contribution in [2.45, 2.75) is 19.3 Å². The van der Waals surface area contributed by atoms with Gasteiger partial charge in [-0.05, 0) is 50.4 Å². The summed E-state index contributed by atoms with van der Waals surface area (Å²) in [5, 5.41) is 13.9. The minimum Gasteiger partial charge on any atom is -0.352 e. The molecule has 7 heteroatoms. The first-order valence-corrected chi connectivity index (χ1v) is 8.40. The van der Waals surface area contributed by atoms with Gasteiger partial charge in [0.25, 0.3) is 5.91 Å². The predicted molar refractivity (Wildman–Crippen MR) is 98.8 cm³/mol. The molecule has 1 saturated heterocycles. The molecule has 3 rings (SSSR count). The molecule has 0 spiro atoms. The van der Waals surface area contributed by atoms with Gasteiger partial charge in [0.15, 0.2) is 0 Å². The van der Waals surface area contributed by atoms with Crippen LogP contribution in [-0.2, 0) is 0 Å². The third-order valence-corrected chi connectivity index (χ3v) is 4.47. The Bertz CT molecular complexity index is 668. The fraction of sp³-hybridized carbons (Fsp3) is 0.412. The summed E-state index contributed by atoms with van der Waals surface area (Å²) in [4.78, 5) is 12.4. The number of aromatic nitrogens is 2. The van der Waals surface area contributed by atoms with Crippen molar-refractivity contribution >= 4 is 29.9 Å². The van der Waals surface area contributed by atoms with Crippen LogP contribution in [0.3, 0.4) is 0 Å². The predicted octanol–water partition coefficient (Wildman–Crippen LogP) is 3.27. The van der Waals surface area contributed by atoms with Crippen molar-refractivity contribution in [3.8, 4) is 11.3 Å². The van der Waals surface area contributed by atoms with Crippen LogP contribution in [0.2, 0.25) is 5.02 Å². The molecule has 5 nitrogen and oxygen atoms in total. The zero-order valence-corrected chi connectivity index (χ0v) is 14.9. The van der Waals surface area contributed by atoms with Crippen LogP contribution in [0.1, 0.15) is 29.6 Å². The van der Waals surface area contributed by atoms with Crippen LogP contribution in [0.5, 0.6) is 0 Å². The molecule has 1 unspecified atom stereocenters. The first kappa shape index (κ1) is 18.8. The van der Waals surface area contributed by atoms with Crippen LogP contribution >= 0.6 is 24.0 Å². The molecule has 0 aliphatic carbocycles. The van der Waals surface area contributed by atoms with Crippen molar-refractivity contribution in [3.63, 3.8) is 0 Å². The Balaban J connectivity index is 0.00000208. The van der Waals surface area contributed by atoms with Crippen molar-refractivity contribution < 1.29 is 4.79 Å². The lowest BCUT2D eigenvalue weighted by Gasteiger charge is -2.22. The summed E-state index contributed by atoms with van der Waals surface area (Å²) >= 11 is 6.02. The quantitative estimate of drug-likeness (QED) is 0.758. The molecule has 0 saturated carbocycles. The lowest BCUT2D eigenvalue weighted by Crippen LogP contribution is -2.33. The van der Waals surface area contributed by atoms with E-state index >= 15 is 0 Å². The van der Waals surface area contributed by atoms with Gasteiger partial charge in [0.1, 0.15) is 0 Å². The van der Waals surface area contributed by atoms with E-state index in [0.717, 1.165) is 25.1 Å². The van der Waals surface area contributed by atoms with E-state index in [1.807, 2.05) is 18.2 Å². The van der Waals surface area contributed by atoms with E-state index in [1.165, 1.54) is 12.8 Å². The van der Waals surface area contributed by atoms with Gasteiger partial charge in [0.2, 0.25) is 0 Å². The Morgan fingerprint density at radius 2 is 2.29 bits per heavy atom. The van der Waals surface area contributed by atoms with Crippen LogP contribution in [0.25, 0.3) is 11.3 Å². The molecule has 0 radical (unpaired) electrons. The normalized spacial score (nSPS) is 17.1. The van der Waals surface area contributed by atoms with Crippen molar-refractivity contribution in [1.29, 1.82) is 0 Å². The van der Waals surface area contributed by atoms with Crippen molar-refractivity contribution in [2.75, 3.05) is 19.6 Å². The second-order valence-electron chi connectivity index (χ2n) is 5.93. The average molecular weight is 369 g/mol. The van der Waals surface area contributed by atoms with Crippen LogP contribution in [0.4, 0.5) is 0 Å². The molecular formula is C17H22Cl2N4O. The number of piperidine rings is 1. The SMILES string of the molecule is Cl.O=C(NCCC1CCCNC1)c1cn[nH]c1-c1cccc(Cl)c1. The van der Waals surface area contributed by atoms with Crippen LogP contribution in [0, 0.1) is 5.92 Å². The Morgan fingerprint density at radius 3 is 3.04 bits per heavy atom. The number of nitrogens with one attached hydrogen (secondary N) is 3. The van der Waals surface area contributed by atoms with Crippen LogP contribution in [-0.4, -0.2) is 35.7 Å². The zero-order valence-electron chi connectivity index (χ0n) is 13.3. The van der Waals surface area contributed by atoms with Gasteiger partial charge in [0.05, 0.1) is 17.5 Å². The molecule has 3 N–H and O–H groups in total. The Kier molecular flexibility index (Phi) is 7.09. The molecule has 0 bridgehead atoms. The first-order chi connectivity index (χ1) is 11.2. The van der Waals surface area contributed by atoms with Crippen LogP contribution < -0.4 is 10.6 Å². The number of aromatic amines is 1. The maximum atomic E-state index is 12.4. The zero-order chi connectivity index (χ0) is 16.1. The molecule has 2 aromatic rings. The third-order valence-electron chi connectivity index (χ3n) is 4.23. The van der Waals surface area contributed by atoms with E-state index in [-0.39, 0.29) is 18.3 Å². The van der Waals surface area contributed by atoms with Crippen molar-refractivity contribution in [3.05, 3.63) is 41.0 Å². The number of benzene rings is 1.